The number of hydrogen-bond donors (Lipinski definition) is 2. The molecule has 7 heteroatoms. The smallest absolute Gasteiger partial charge is 0.261 e. The molecule has 2 heterocycles. The average molecular weight is 402 g/mol. The Morgan fingerprint density at radius 3 is 2.68 bits per heavy atom. The Morgan fingerprint density at radius 1 is 1.18 bits per heavy atom. The van der Waals surface area contributed by atoms with Crippen LogP contribution in [0.3, 0.4) is 0 Å². The molecule has 1 atom stereocenters. The van der Waals surface area contributed by atoms with E-state index in [1.807, 2.05) is 12.1 Å². The zero-order chi connectivity index (χ0) is 19.9. The van der Waals surface area contributed by atoms with Gasteiger partial charge < -0.3 is 15.4 Å². The Bertz CT molecular complexity index is 815. The molecule has 1 aromatic heterocycles. The van der Waals surface area contributed by atoms with E-state index >= 15 is 0 Å². The van der Waals surface area contributed by atoms with Gasteiger partial charge in [-0.05, 0) is 24.6 Å². The van der Waals surface area contributed by atoms with Gasteiger partial charge in [-0.15, -0.1) is 11.3 Å². The molecule has 0 spiro atoms. The molecule has 150 valence electrons. The van der Waals surface area contributed by atoms with E-state index in [4.69, 9.17) is 4.74 Å². The summed E-state index contributed by atoms with van der Waals surface area (Å²) in [6.07, 6.45) is 0. The normalized spacial score (nSPS) is 15.8. The fourth-order valence-electron chi connectivity index (χ4n) is 3.31. The van der Waals surface area contributed by atoms with Crippen molar-refractivity contribution in [1.29, 1.82) is 0 Å². The summed E-state index contributed by atoms with van der Waals surface area (Å²) in [6, 6.07) is 12.3. The summed E-state index contributed by atoms with van der Waals surface area (Å²) in [5, 5.41) is 5.85. The maximum atomic E-state index is 12.7. The quantitative estimate of drug-likeness (QED) is 0.748. The summed E-state index contributed by atoms with van der Waals surface area (Å²) >= 11 is 1.41. The maximum Gasteiger partial charge on any atom is 0.261 e. The molecule has 0 aliphatic carbocycles. The Balaban J connectivity index is 1.65. The molecule has 1 saturated heterocycles. The number of carbonyl (C=O) groups excluding carboxylic acids is 2. The van der Waals surface area contributed by atoms with Crippen LogP contribution in [0.1, 0.15) is 38.6 Å². The molecular weight excluding hydrogens is 374 g/mol. The van der Waals surface area contributed by atoms with Crippen LogP contribution < -0.4 is 10.6 Å². The molecule has 1 unspecified atom stereocenters. The molecule has 28 heavy (non-hydrogen) atoms. The van der Waals surface area contributed by atoms with Crippen molar-refractivity contribution in [3.63, 3.8) is 0 Å². The minimum atomic E-state index is -0.0787. The molecule has 2 N–H and O–H groups in total. The van der Waals surface area contributed by atoms with Gasteiger partial charge in [0.25, 0.3) is 5.91 Å². The highest BCUT2D eigenvalue weighted by Crippen LogP contribution is 2.23. The standard InChI is InChI=1S/C21H27N3O3S/c1-15-4-3-5-17(12-15)19(24-8-10-27-11-9-24)14-23-21(26)20-7-6-18(28-20)13-22-16(2)25/h3-7,12,19H,8-11,13-14H2,1-2H3,(H,22,25)(H,23,26). The summed E-state index contributed by atoms with van der Waals surface area (Å²) in [4.78, 5) is 27.7. The van der Waals surface area contributed by atoms with Gasteiger partial charge in [-0.25, -0.2) is 0 Å². The molecule has 1 fully saturated rings. The number of nitrogens with one attached hydrogen (secondary N) is 2. The zero-order valence-corrected chi connectivity index (χ0v) is 17.2. The second-order valence-electron chi connectivity index (χ2n) is 6.96. The highest BCUT2D eigenvalue weighted by Gasteiger charge is 2.23. The van der Waals surface area contributed by atoms with E-state index in [2.05, 4.69) is 46.7 Å². The Labute approximate surface area is 169 Å². The summed E-state index contributed by atoms with van der Waals surface area (Å²) in [5.74, 6) is -0.157. The van der Waals surface area contributed by atoms with E-state index in [9.17, 15) is 9.59 Å². The third-order valence-corrected chi connectivity index (χ3v) is 5.85. The number of ether oxygens (including phenoxy) is 1. The highest BCUT2D eigenvalue weighted by molar-refractivity contribution is 7.14. The van der Waals surface area contributed by atoms with Gasteiger partial charge in [0.05, 0.1) is 30.7 Å². The molecule has 1 aromatic carbocycles. The van der Waals surface area contributed by atoms with Crippen molar-refractivity contribution in [2.75, 3.05) is 32.8 Å². The van der Waals surface area contributed by atoms with Crippen molar-refractivity contribution in [2.45, 2.75) is 26.4 Å². The van der Waals surface area contributed by atoms with Crippen LogP contribution in [0.4, 0.5) is 0 Å². The van der Waals surface area contributed by atoms with Crippen molar-refractivity contribution < 1.29 is 14.3 Å². The molecular formula is C21H27N3O3S. The molecule has 0 bridgehead atoms. The molecule has 2 amide bonds. The van der Waals surface area contributed by atoms with Crippen molar-refractivity contribution in [3.05, 3.63) is 57.3 Å². The van der Waals surface area contributed by atoms with E-state index in [0.717, 1.165) is 18.0 Å². The van der Waals surface area contributed by atoms with Gasteiger partial charge in [0.1, 0.15) is 0 Å². The van der Waals surface area contributed by atoms with Gasteiger partial charge in [0, 0.05) is 31.4 Å². The maximum absolute atomic E-state index is 12.7. The largest absolute Gasteiger partial charge is 0.379 e. The first-order valence-corrected chi connectivity index (χ1v) is 10.3. The van der Waals surface area contributed by atoms with E-state index in [1.54, 1.807) is 0 Å². The van der Waals surface area contributed by atoms with Crippen LogP contribution in [0.2, 0.25) is 0 Å². The zero-order valence-electron chi connectivity index (χ0n) is 16.4. The molecule has 1 aliphatic rings. The van der Waals surface area contributed by atoms with Crippen molar-refractivity contribution >= 4 is 23.2 Å². The lowest BCUT2D eigenvalue weighted by Gasteiger charge is -2.35. The fourth-order valence-corrected chi connectivity index (χ4v) is 4.17. The van der Waals surface area contributed by atoms with Gasteiger partial charge in [-0.1, -0.05) is 29.8 Å². The molecule has 6 nitrogen and oxygen atoms in total. The number of hydrogen-bond acceptors (Lipinski definition) is 5. The third-order valence-electron chi connectivity index (χ3n) is 4.77. The highest BCUT2D eigenvalue weighted by atomic mass is 32.1. The van der Waals surface area contributed by atoms with Gasteiger partial charge in [-0.3, -0.25) is 14.5 Å². The fraction of sp³-hybridized carbons (Fsp3) is 0.429. The van der Waals surface area contributed by atoms with Crippen LogP contribution in [-0.2, 0) is 16.1 Å². The molecule has 0 saturated carbocycles. The number of thiophene rings is 1. The van der Waals surface area contributed by atoms with E-state index in [1.165, 1.54) is 29.4 Å². The molecule has 2 aromatic rings. The lowest BCUT2D eigenvalue weighted by Crippen LogP contribution is -2.43. The number of morpholine rings is 1. The van der Waals surface area contributed by atoms with Crippen LogP contribution in [0.25, 0.3) is 0 Å². The Hall–Kier alpha value is -2.22. The topological polar surface area (TPSA) is 70.7 Å². The number of amides is 2. The van der Waals surface area contributed by atoms with E-state index in [0.29, 0.717) is 31.2 Å². The predicted octanol–water partition coefficient (Wildman–Crippen LogP) is 2.50. The van der Waals surface area contributed by atoms with Gasteiger partial charge in [0.15, 0.2) is 0 Å². The monoisotopic (exact) mass is 401 g/mol. The summed E-state index contributed by atoms with van der Waals surface area (Å²) in [7, 11) is 0. The van der Waals surface area contributed by atoms with Crippen LogP contribution in [0, 0.1) is 6.92 Å². The van der Waals surface area contributed by atoms with Crippen LogP contribution in [0.15, 0.2) is 36.4 Å². The first-order chi connectivity index (χ1) is 13.5. The number of benzene rings is 1. The molecule has 1 aliphatic heterocycles. The Kier molecular flexibility index (Phi) is 7.19. The first-order valence-electron chi connectivity index (χ1n) is 9.52. The van der Waals surface area contributed by atoms with Gasteiger partial charge in [-0.2, -0.15) is 0 Å². The van der Waals surface area contributed by atoms with Crippen LogP contribution in [0.5, 0.6) is 0 Å². The number of carbonyl (C=O) groups is 2. The predicted molar refractivity (Wildman–Crippen MR) is 110 cm³/mol. The van der Waals surface area contributed by atoms with Crippen molar-refractivity contribution in [2.24, 2.45) is 0 Å². The van der Waals surface area contributed by atoms with Gasteiger partial charge in [0.2, 0.25) is 5.91 Å². The SMILES string of the molecule is CC(=O)NCc1ccc(C(=O)NCC(c2cccc(C)c2)N2CCOCC2)s1. The lowest BCUT2D eigenvalue weighted by molar-refractivity contribution is -0.119. The van der Waals surface area contributed by atoms with E-state index < -0.39 is 0 Å². The average Bonchev–Trinajstić information content (AvgIpc) is 3.16. The number of rotatable bonds is 7. The minimum Gasteiger partial charge on any atom is -0.379 e. The first kappa shape index (κ1) is 20.5. The van der Waals surface area contributed by atoms with Crippen molar-refractivity contribution in [3.8, 4) is 0 Å². The van der Waals surface area contributed by atoms with Gasteiger partial charge >= 0.3 is 0 Å². The molecule has 0 radical (unpaired) electrons. The van der Waals surface area contributed by atoms with Crippen molar-refractivity contribution in [1.82, 2.24) is 15.5 Å². The summed E-state index contributed by atoms with van der Waals surface area (Å²) in [6.45, 7) is 7.71. The Morgan fingerprint density at radius 2 is 1.96 bits per heavy atom. The molecule has 3 rings (SSSR count). The number of nitrogens with zero attached hydrogens (tertiary/aromatic N) is 1. The van der Waals surface area contributed by atoms with E-state index in [-0.39, 0.29) is 17.9 Å². The minimum absolute atomic E-state index is 0.0779. The summed E-state index contributed by atoms with van der Waals surface area (Å²) in [5.41, 5.74) is 2.42. The third kappa shape index (κ3) is 5.64. The summed E-state index contributed by atoms with van der Waals surface area (Å²) < 4.78 is 5.49. The number of aryl methyl sites for hydroxylation is 1. The second kappa shape index (κ2) is 9.82. The lowest BCUT2D eigenvalue weighted by atomic mass is 10.0. The second-order valence-corrected chi connectivity index (χ2v) is 8.13. The van der Waals surface area contributed by atoms with Crippen LogP contribution in [-0.4, -0.2) is 49.6 Å². The van der Waals surface area contributed by atoms with Crippen LogP contribution >= 0.6 is 11.3 Å².